The number of sulfonamides is 1. The number of H-pyrrole nitrogens is 1. The summed E-state index contributed by atoms with van der Waals surface area (Å²) in [6, 6.07) is 8.91. The van der Waals surface area contributed by atoms with Gasteiger partial charge in [-0.15, -0.1) is 0 Å². The second-order valence-corrected chi connectivity index (χ2v) is 5.68. The summed E-state index contributed by atoms with van der Waals surface area (Å²) in [5.41, 5.74) is -0.411. The molecule has 9 heteroatoms. The maximum atomic E-state index is 11.9. The normalized spacial score (nSPS) is 11.2. The van der Waals surface area contributed by atoms with Gasteiger partial charge in [0.05, 0.1) is 6.20 Å². The minimum Gasteiger partial charge on any atom is -0.492 e. The number of ether oxygens (including phenoxy) is 1. The Bertz CT molecular complexity index is 712. The molecule has 112 valence electrons. The number of aromatic nitrogens is 2. The Kier molecular flexibility index (Phi) is 4.55. The highest BCUT2D eigenvalue weighted by Gasteiger charge is 2.24. The van der Waals surface area contributed by atoms with E-state index < -0.39 is 26.6 Å². The molecule has 0 saturated heterocycles. The minimum atomic E-state index is -3.98. The summed E-state index contributed by atoms with van der Waals surface area (Å²) in [5.74, 6) is -0.755. The summed E-state index contributed by atoms with van der Waals surface area (Å²) in [6.07, 6.45) is 0.942. The van der Waals surface area contributed by atoms with Crippen molar-refractivity contribution in [3.63, 3.8) is 0 Å². The Balaban J connectivity index is 1.93. The van der Waals surface area contributed by atoms with Crippen molar-refractivity contribution in [3.8, 4) is 5.75 Å². The minimum absolute atomic E-state index is 0.00466. The van der Waals surface area contributed by atoms with Crippen molar-refractivity contribution in [2.45, 2.75) is 5.03 Å². The molecule has 2 rings (SSSR count). The number of aromatic amines is 1. The Morgan fingerprint density at radius 3 is 2.71 bits per heavy atom. The van der Waals surface area contributed by atoms with Gasteiger partial charge in [0.25, 0.3) is 10.0 Å². The number of rotatable bonds is 7. The van der Waals surface area contributed by atoms with Crippen LogP contribution in [0.5, 0.6) is 5.75 Å². The largest absolute Gasteiger partial charge is 0.492 e. The van der Waals surface area contributed by atoms with Crippen LogP contribution in [0.15, 0.2) is 41.6 Å². The number of benzene rings is 1. The zero-order chi connectivity index (χ0) is 15.3. The molecule has 0 saturated carbocycles. The molecule has 0 spiro atoms. The summed E-state index contributed by atoms with van der Waals surface area (Å²) >= 11 is 0. The van der Waals surface area contributed by atoms with Crippen LogP contribution in [0.25, 0.3) is 0 Å². The van der Waals surface area contributed by atoms with Gasteiger partial charge in [0, 0.05) is 6.54 Å². The maximum Gasteiger partial charge on any atom is 0.340 e. The van der Waals surface area contributed by atoms with E-state index in [4.69, 9.17) is 9.84 Å². The molecule has 0 atom stereocenters. The van der Waals surface area contributed by atoms with Crippen LogP contribution in [0.3, 0.4) is 0 Å². The predicted molar refractivity (Wildman–Crippen MR) is 72.7 cm³/mol. The molecular formula is C12H13N3O5S. The van der Waals surface area contributed by atoms with Crippen LogP contribution < -0.4 is 9.46 Å². The zero-order valence-corrected chi connectivity index (χ0v) is 11.6. The van der Waals surface area contributed by atoms with Gasteiger partial charge in [-0.3, -0.25) is 5.10 Å². The van der Waals surface area contributed by atoms with Crippen LogP contribution in [0, 0.1) is 0 Å². The van der Waals surface area contributed by atoms with Crippen molar-refractivity contribution in [1.82, 2.24) is 14.9 Å². The molecule has 8 nitrogen and oxygen atoms in total. The average molecular weight is 311 g/mol. The predicted octanol–water partition coefficient (Wildman–Crippen LogP) is 0.465. The summed E-state index contributed by atoms with van der Waals surface area (Å²) in [5, 5.41) is 14.0. The molecule has 0 aliphatic heterocycles. The van der Waals surface area contributed by atoms with Crippen LogP contribution in [-0.4, -0.2) is 42.8 Å². The van der Waals surface area contributed by atoms with Crippen molar-refractivity contribution in [1.29, 1.82) is 0 Å². The van der Waals surface area contributed by atoms with Crippen molar-refractivity contribution in [3.05, 3.63) is 42.1 Å². The standard InChI is InChI=1S/C12H13N3O5S/c16-12(17)10-8-13-15-11(10)21(18,19)14-6-7-20-9-4-2-1-3-5-9/h1-5,8,14H,6-7H2,(H,13,15)(H,16,17). The zero-order valence-electron chi connectivity index (χ0n) is 10.8. The van der Waals surface area contributed by atoms with Crippen LogP contribution in [0.2, 0.25) is 0 Å². The highest BCUT2D eigenvalue weighted by Crippen LogP contribution is 2.11. The van der Waals surface area contributed by atoms with Gasteiger partial charge in [-0.25, -0.2) is 17.9 Å². The molecule has 0 amide bonds. The highest BCUT2D eigenvalue weighted by atomic mass is 32.2. The third kappa shape index (κ3) is 3.80. The second-order valence-electron chi connectivity index (χ2n) is 3.98. The molecule has 1 aromatic carbocycles. The lowest BCUT2D eigenvalue weighted by Crippen LogP contribution is -2.29. The van der Waals surface area contributed by atoms with E-state index in [-0.39, 0.29) is 13.2 Å². The monoisotopic (exact) mass is 311 g/mol. The fraction of sp³-hybridized carbons (Fsp3) is 0.167. The number of carboxylic acid groups (broad SMARTS) is 1. The Hall–Kier alpha value is -2.39. The van der Waals surface area contributed by atoms with Gasteiger partial charge in [-0.05, 0) is 12.1 Å². The van der Waals surface area contributed by atoms with E-state index in [0.717, 1.165) is 6.20 Å². The molecule has 2 aromatic rings. The fourth-order valence-electron chi connectivity index (χ4n) is 1.57. The van der Waals surface area contributed by atoms with Gasteiger partial charge in [0.15, 0.2) is 5.03 Å². The molecule has 3 N–H and O–H groups in total. The average Bonchev–Trinajstić information content (AvgIpc) is 2.95. The second kappa shape index (κ2) is 6.37. The SMILES string of the molecule is O=C(O)c1cn[nH]c1S(=O)(=O)NCCOc1ccccc1. The first-order valence-electron chi connectivity index (χ1n) is 5.95. The molecule has 21 heavy (non-hydrogen) atoms. The smallest absolute Gasteiger partial charge is 0.340 e. The third-order valence-corrected chi connectivity index (χ3v) is 3.94. The van der Waals surface area contributed by atoms with Gasteiger partial charge >= 0.3 is 5.97 Å². The number of nitrogens with one attached hydrogen (secondary N) is 2. The number of hydrogen-bond acceptors (Lipinski definition) is 5. The first-order chi connectivity index (χ1) is 10.0. The van der Waals surface area contributed by atoms with Crippen LogP contribution in [0.4, 0.5) is 0 Å². The molecule has 0 bridgehead atoms. The lowest BCUT2D eigenvalue weighted by molar-refractivity contribution is 0.0692. The summed E-state index contributed by atoms with van der Waals surface area (Å²) in [4.78, 5) is 10.9. The molecule has 1 aromatic heterocycles. The van der Waals surface area contributed by atoms with Crippen molar-refractivity contribution < 1.29 is 23.1 Å². The molecule has 0 unspecified atom stereocenters. The lowest BCUT2D eigenvalue weighted by Gasteiger charge is -2.07. The van der Waals surface area contributed by atoms with Crippen molar-refractivity contribution >= 4 is 16.0 Å². The number of carbonyl (C=O) groups is 1. The first-order valence-corrected chi connectivity index (χ1v) is 7.43. The fourth-order valence-corrected chi connectivity index (χ4v) is 2.66. The topological polar surface area (TPSA) is 121 Å². The van der Waals surface area contributed by atoms with Gasteiger partial charge in [-0.2, -0.15) is 5.10 Å². The van der Waals surface area contributed by atoms with Crippen LogP contribution in [0.1, 0.15) is 10.4 Å². The quantitative estimate of drug-likeness (QED) is 0.639. The van der Waals surface area contributed by atoms with Gasteiger partial charge in [-0.1, -0.05) is 18.2 Å². The third-order valence-electron chi connectivity index (χ3n) is 2.51. The summed E-state index contributed by atoms with van der Waals surface area (Å²) in [6.45, 7) is 0.106. The maximum absolute atomic E-state index is 11.9. The molecule has 0 radical (unpaired) electrons. The van der Waals surface area contributed by atoms with Crippen molar-refractivity contribution in [2.24, 2.45) is 0 Å². The Morgan fingerprint density at radius 1 is 1.33 bits per heavy atom. The van der Waals surface area contributed by atoms with Crippen LogP contribution in [-0.2, 0) is 10.0 Å². The molecule has 0 aliphatic carbocycles. The summed E-state index contributed by atoms with van der Waals surface area (Å²) in [7, 11) is -3.98. The number of hydrogen-bond donors (Lipinski definition) is 3. The van der Waals surface area contributed by atoms with Gasteiger partial charge in [0.1, 0.15) is 17.9 Å². The number of carboxylic acids is 1. The number of nitrogens with zero attached hydrogens (tertiary/aromatic N) is 1. The molecule has 1 heterocycles. The van der Waals surface area contributed by atoms with E-state index in [1.807, 2.05) is 6.07 Å². The number of aromatic carboxylic acids is 1. The van der Waals surface area contributed by atoms with E-state index in [2.05, 4.69) is 14.9 Å². The van der Waals surface area contributed by atoms with Crippen molar-refractivity contribution in [2.75, 3.05) is 13.2 Å². The lowest BCUT2D eigenvalue weighted by atomic mass is 10.3. The Morgan fingerprint density at radius 2 is 2.05 bits per heavy atom. The molecule has 0 fully saturated rings. The van der Waals surface area contributed by atoms with E-state index in [1.165, 1.54) is 0 Å². The molecular weight excluding hydrogens is 298 g/mol. The van der Waals surface area contributed by atoms with E-state index in [0.29, 0.717) is 5.75 Å². The van der Waals surface area contributed by atoms with Gasteiger partial charge < -0.3 is 9.84 Å². The van der Waals surface area contributed by atoms with Gasteiger partial charge in [0.2, 0.25) is 0 Å². The van der Waals surface area contributed by atoms with Crippen LogP contribution >= 0.6 is 0 Å². The number of para-hydroxylation sites is 1. The highest BCUT2D eigenvalue weighted by molar-refractivity contribution is 7.89. The summed E-state index contributed by atoms with van der Waals surface area (Å²) < 4.78 is 31.4. The van der Waals surface area contributed by atoms with E-state index >= 15 is 0 Å². The first kappa shape index (κ1) is 15.0. The molecule has 0 aliphatic rings. The Labute approximate surface area is 120 Å². The van der Waals surface area contributed by atoms with E-state index in [9.17, 15) is 13.2 Å². The van der Waals surface area contributed by atoms with E-state index in [1.54, 1.807) is 24.3 Å².